The van der Waals surface area contributed by atoms with Crippen molar-refractivity contribution in [3.05, 3.63) is 23.3 Å². The van der Waals surface area contributed by atoms with E-state index in [9.17, 15) is 4.79 Å². The van der Waals surface area contributed by atoms with Crippen LogP contribution in [-0.4, -0.2) is 27.1 Å². The quantitative estimate of drug-likeness (QED) is 0.805. The van der Waals surface area contributed by atoms with Gasteiger partial charge in [-0.05, 0) is 57.4 Å². The van der Waals surface area contributed by atoms with Crippen molar-refractivity contribution in [1.29, 1.82) is 0 Å². The highest BCUT2D eigenvalue weighted by Gasteiger charge is 2.24. The van der Waals surface area contributed by atoms with Gasteiger partial charge in [-0.3, -0.25) is 0 Å². The lowest BCUT2D eigenvalue weighted by Crippen LogP contribution is -2.24. The molecule has 0 saturated heterocycles. The number of aryl methyl sites for hydroxylation is 2. The van der Waals surface area contributed by atoms with Gasteiger partial charge in [-0.2, -0.15) is 0 Å². The zero-order valence-corrected chi connectivity index (χ0v) is 12.7. The van der Waals surface area contributed by atoms with E-state index in [0.717, 1.165) is 16.6 Å². The average Bonchev–Trinajstić information content (AvgIpc) is 2.73. The highest BCUT2D eigenvalue weighted by molar-refractivity contribution is 5.80. The van der Waals surface area contributed by atoms with Crippen LogP contribution in [0.4, 0.5) is 0 Å². The number of esters is 1. The van der Waals surface area contributed by atoms with Crippen molar-refractivity contribution in [3.63, 3.8) is 0 Å². The molecule has 0 saturated carbocycles. The van der Waals surface area contributed by atoms with E-state index in [0.29, 0.717) is 6.42 Å². The van der Waals surface area contributed by atoms with Crippen LogP contribution in [0.5, 0.6) is 0 Å². The van der Waals surface area contributed by atoms with Gasteiger partial charge in [0.25, 0.3) is 0 Å². The van der Waals surface area contributed by atoms with Gasteiger partial charge in [0.15, 0.2) is 6.04 Å². The van der Waals surface area contributed by atoms with Gasteiger partial charge in [0, 0.05) is 0 Å². The first-order valence-corrected chi connectivity index (χ1v) is 6.96. The maximum Gasteiger partial charge on any atom is 0.331 e. The first kappa shape index (κ1) is 14.5. The minimum Gasteiger partial charge on any atom is -0.461 e. The predicted octanol–water partition coefficient (Wildman–Crippen LogP) is 2.95. The normalized spacial score (nSPS) is 12.9. The van der Waals surface area contributed by atoms with Gasteiger partial charge in [0.2, 0.25) is 0 Å². The molecule has 1 aromatic carbocycles. The van der Waals surface area contributed by atoms with Crippen molar-refractivity contribution in [1.82, 2.24) is 15.0 Å². The molecular formula is C15H21N3O2. The van der Waals surface area contributed by atoms with Gasteiger partial charge in [-0.25, -0.2) is 9.48 Å². The number of hydrogen-bond donors (Lipinski definition) is 0. The third-order valence-electron chi connectivity index (χ3n) is 3.39. The van der Waals surface area contributed by atoms with Crippen LogP contribution in [0.2, 0.25) is 0 Å². The van der Waals surface area contributed by atoms with Gasteiger partial charge in [-0.1, -0.05) is 12.1 Å². The molecule has 0 radical (unpaired) electrons. The summed E-state index contributed by atoms with van der Waals surface area (Å²) in [6, 6.07) is 3.59. The molecule has 0 aliphatic rings. The maximum atomic E-state index is 12.2. The van der Waals surface area contributed by atoms with Crippen molar-refractivity contribution < 1.29 is 9.53 Å². The van der Waals surface area contributed by atoms with Crippen LogP contribution in [0.1, 0.15) is 44.4 Å². The molecule has 5 nitrogen and oxygen atoms in total. The summed E-state index contributed by atoms with van der Waals surface area (Å²) < 4.78 is 6.98. The second-order valence-electron chi connectivity index (χ2n) is 5.37. The topological polar surface area (TPSA) is 57.0 Å². The summed E-state index contributed by atoms with van der Waals surface area (Å²) in [5.74, 6) is -0.257. The largest absolute Gasteiger partial charge is 0.461 e. The summed E-state index contributed by atoms with van der Waals surface area (Å²) >= 11 is 0. The Morgan fingerprint density at radius 3 is 2.55 bits per heavy atom. The molecule has 0 amide bonds. The molecule has 1 unspecified atom stereocenters. The molecule has 0 aliphatic carbocycles. The zero-order chi connectivity index (χ0) is 14.9. The van der Waals surface area contributed by atoms with Crippen LogP contribution in [0.25, 0.3) is 11.0 Å². The summed E-state index contributed by atoms with van der Waals surface area (Å²) in [4.78, 5) is 12.2. The van der Waals surface area contributed by atoms with Crippen LogP contribution in [0.15, 0.2) is 12.1 Å². The number of benzene rings is 1. The molecule has 0 spiro atoms. The Labute approximate surface area is 118 Å². The number of carbonyl (C=O) groups is 1. The molecule has 1 atom stereocenters. The summed E-state index contributed by atoms with van der Waals surface area (Å²) in [5, 5.41) is 8.30. The summed E-state index contributed by atoms with van der Waals surface area (Å²) in [6.45, 7) is 9.72. The van der Waals surface area contributed by atoms with Gasteiger partial charge < -0.3 is 4.74 Å². The Morgan fingerprint density at radius 1 is 1.30 bits per heavy atom. The Bertz CT molecular complexity index is 631. The van der Waals surface area contributed by atoms with Crippen molar-refractivity contribution in [3.8, 4) is 0 Å². The fraction of sp³-hybridized carbons (Fsp3) is 0.533. The molecule has 20 heavy (non-hydrogen) atoms. The number of fused-ring (bicyclic) bond motifs is 1. The monoisotopic (exact) mass is 275 g/mol. The summed E-state index contributed by atoms with van der Waals surface area (Å²) in [6.07, 6.45) is 0.493. The van der Waals surface area contributed by atoms with Gasteiger partial charge in [-0.15, -0.1) is 5.10 Å². The standard InChI is InChI=1S/C15H21N3O2/c1-6-13(15(19)20-9(2)3)18-14-8-11(5)10(4)7-12(14)16-17-18/h7-9,13H,6H2,1-5H3. The van der Waals surface area contributed by atoms with E-state index >= 15 is 0 Å². The van der Waals surface area contributed by atoms with Gasteiger partial charge in [0.1, 0.15) is 5.52 Å². The molecule has 0 fully saturated rings. The number of aromatic nitrogens is 3. The molecule has 108 valence electrons. The minimum atomic E-state index is -0.426. The molecule has 2 aromatic rings. The van der Waals surface area contributed by atoms with Gasteiger partial charge >= 0.3 is 5.97 Å². The molecule has 2 rings (SSSR count). The van der Waals surface area contributed by atoms with Gasteiger partial charge in [0.05, 0.1) is 11.6 Å². The second-order valence-corrected chi connectivity index (χ2v) is 5.37. The third-order valence-corrected chi connectivity index (χ3v) is 3.39. The lowest BCUT2D eigenvalue weighted by molar-refractivity contribution is -0.151. The Morgan fingerprint density at radius 2 is 1.95 bits per heavy atom. The highest BCUT2D eigenvalue weighted by atomic mass is 16.5. The molecule has 1 heterocycles. The molecule has 1 aromatic heterocycles. The Hall–Kier alpha value is -1.91. The van der Waals surface area contributed by atoms with Crippen LogP contribution in [-0.2, 0) is 9.53 Å². The number of rotatable bonds is 4. The van der Waals surface area contributed by atoms with E-state index in [4.69, 9.17) is 4.74 Å². The summed E-state index contributed by atoms with van der Waals surface area (Å²) in [7, 11) is 0. The lowest BCUT2D eigenvalue weighted by atomic mass is 10.1. The Balaban J connectivity index is 2.45. The van der Waals surface area contributed by atoms with E-state index in [2.05, 4.69) is 10.3 Å². The van der Waals surface area contributed by atoms with Crippen LogP contribution < -0.4 is 0 Å². The molecular weight excluding hydrogens is 254 g/mol. The van der Waals surface area contributed by atoms with Crippen molar-refractivity contribution in [2.24, 2.45) is 0 Å². The average molecular weight is 275 g/mol. The molecule has 5 heteroatoms. The highest BCUT2D eigenvalue weighted by Crippen LogP contribution is 2.22. The lowest BCUT2D eigenvalue weighted by Gasteiger charge is -2.17. The number of nitrogens with zero attached hydrogens (tertiary/aromatic N) is 3. The van der Waals surface area contributed by atoms with E-state index in [1.54, 1.807) is 4.68 Å². The molecule has 0 N–H and O–H groups in total. The molecule has 0 aliphatic heterocycles. The second kappa shape index (κ2) is 5.61. The fourth-order valence-electron chi connectivity index (χ4n) is 2.17. The van der Waals surface area contributed by atoms with E-state index < -0.39 is 6.04 Å². The zero-order valence-electron chi connectivity index (χ0n) is 12.7. The van der Waals surface area contributed by atoms with Crippen LogP contribution in [0.3, 0.4) is 0 Å². The van der Waals surface area contributed by atoms with E-state index in [1.807, 2.05) is 46.8 Å². The number of carbonyl (C=O) groups excluding carboxylic acids is 1. The minimum absolute atomic E-state index is 0.129. The smallest absolute Gasteiger partial charge is 0.331 e. The predicted molar refractivity (Wildman–Crippen MR) is 77.6 cm³/mol. The SMILES string of the molecule is CCC(C(=O)OC(C)C)n1nnc2cc(C)c(C)cc21. The fourth-order valence-corrected chi connectivity index (χ4v) is 2.17. The van der Waals surface area contributed by atoms with Crippen molar-refractivity contribution >= 4 is 17.0 Å². The molecule has 0 bridgehead atoms. The maximum absolute atomic E-state index is 12.2. The van der Waals surface area contributed by atoms with E-state index in [1.165, 1.54) is 5.56 Å². The Kier molecular flexibility index (Phi) is 4.06. The van der Waals surface area contributed by atoms with Crippen molar-refractivity contribution in [2.75, 3.05) is 0 Å². The first-order valence-electron chi connectivity index (χ1n) is 6.96. The number of hydrogen-bond acceptors (Lipinski definition) is 4. The van der Waals surface area contributed by atoms with Crippen LogP contribution >= 0.6 is 0 Å². The van der Waals surface area contributed by atoms with Crippen LogP contribution in [0, 0.1) is 13.8 Å². The third kappa shape index (κ3) is 2.66. The summed E-state index contributed by atoms with van der Waals surface area (Å²) in [5.41, 5.74) is 4.01. The van der Waals surface area contributed by atoms with Crippen molar-refractivity contribution in [2.45, 2.75) is 53.2 Å². The van der Waals surface area contributed by atoms with E-state index in [-0.39, 0.29) is 12.1 Å². The number of ether oxygens (including phenoxy) is 1. The first-order chi connectivity index (χ1) is 9.43.